The molecule has 0 unspecified atom stereocenters. The van der Waals surface area contributed by atoms with E-state index in [2.05, 4.69) is 0 Å². The second-order valence-electron chi connectivity index (χ2n) is 6.36. The minimum absolute atomic E-state index is 0.0505. The molecule has 27 heavy (non-hydrogen) atoms. The number of Topliss-reactive ketones (excluding diaryl/α,β-unsaturated/α-hetero) is 1. The van der Waals surface area contributed by atoms with E-state index < -0.39 is 17.7 Å². The molecule has 140 valence electrons. The van der Waals surface area contributed by atoms with Gasteiger partial charge >= 0.3 is 0 Å². The maximum atomic E-state index is 12.7. The van der Waals surface area contributed by atoms with Crippen LogP contribution in [-0.4, -0.2) is 53.0 Å². The lowest BCUT2D eigenvalue weighted by atomic mass is 9.95. The van der Waals surface area contributed by atoms with Crippen LogP contribution >= 0.6 is 0 Å². The third-order valence-corrected chi connectivity index (χ3v) is 4.61. The van der Waals surface area contributed by atoms with Gasteiger partial charge in [0.1, 0.15) is 5.76 Å². The van der Waals surface area contributed by atoms with Crippen LogP contribution in [-0.2, 0) is 9.59 Å². The highest BCUT2D eigenvalue weighted by Crippen LogP contribution is 2.38. The van der Waals surface area contributed by atoms with Crippen molar-refractivity contribution in [1.82, 2.24) is 4.90 Å². The number of hydrogen-bond donors (Lipinski definition) is 3. The molecule has 0 saturated carbocycles. The summed E-state index contributed by atoms with van der Waals surface area (Å²) >= 11 is 0. The smallest absolute Gasteiger partial charge is 0.295 e. The number of carbonyl (C=O) groups excluding carboxylic acids is 2. The maximum absolute atomic E-state index is 12.7. The van der Waals surface area contributed by atoms with Crippen LogP contribution in [0.25, 0.3) is 5.76 Å². The average molecular weight is 367 g/mol. The predicted octanol–water partition coefficient (Wildman–Crippen LogP) is 0.664. The summed E-state index contributed by atoms with van der Waals surface area (Å²) in [4.78, 5) is 26.9. The summed E-state index contributed by atoms with van der Waals surface area (Å²) in [6.07, 6.45) is 0. The predicted molar refractivity (Wildman–Crippen MR) is 101 cm³/mol. The van der Waals surface area contributed by atoms with Gasteiger partial charge in [0.05, 0.1) is 37.9 Å². The van der Waals surface area contributed by atoms with Gasteiger partial charge in [0.15, 0.2) is 0 Å². The first-order valence-electron chi connectivity index (χ1n) is 8.96. The molecule has 1 fully saturated rings. The van der Waals surface area contributed by atoms with Gasteiger partial charge in [-0.3, -0.25) is 9.59 Å². The lowest BCUT2D eigenvalue weighted by Gasteiger charge is -2.24. The van der Waals surface area contributed by atoms with Crippen molar-refractivity contribution in [2.75, 3.05) is 26.2 Å². The lowest BCUT2D eigenvalue weighted by molar-refractivity contribution is -0.655. The van der Waals surface area contributed by atoms with E-state index in [1.807, 2.05) is 41.7 Å². The van der Waals surface area contributed by atoms with Gasteiger partial charge in [-0.05, 0) is 5.56 Å². The summed E-state index contributed by atoms with van der Waals surface area (Å²) in [6.45, 7) is 1.48. The average Bonchev–Trinajstić information content (AvgIpc) is 2.97. The molecule has 1 aliphatic heterocycles. The Morgan fingerprint density at radius 1 is 0.963 bits per heavy atom. The molecule has 1 atom stereocenters. The topological polar surface area (TPSA) is 94.5 Å². The Labute approximate surface area is 157 Å². The molecule has 1 amide bonds. The molecule has 3 rings (SSSR count). The number of nitrogens with zero attached hydrogens (tertiary/aromatic N) is 1. The Balaban J connectivity index is 2.03. The highest BCUT2D eigenvalue weighted by atomic mass is 16.3. The first-order valence-corrected chi connectivity index (χ1v) is 8.96. The van der Waals surface area contributed by atoms with Crippen molar-refractivity contribution in [3.63, 3.8) is 0 Å². The van der Waals surface area contributed by atoms with E-state index in [4.69, 9.17) is 5.11 Å². The number of quaternary nitrogens is 1. The van der Waals surface area contributed by atoms with Crippen molar-refractivity contribution < 1.29 is 25.1 Å². The van der Waals surface area contributed by atoms with E-state index in [1.165, 1.54) is 4.90 Å². The van der Waals surface area contributed by atoms with E-state index >= 15 is 0 Å². The summed E-state index contributed by atoms with van der Waals surface area (Å²) in [5, 5.41) is 21.6. The quantitative estimate of drug-likeness (QED) is 0.290. The largest absolute Gasteiger partial charge is 0.507 e. The van der Waals surface area contributed by atoms with Gasteiger partial charge in [-0.1, -0.05) is 60.7 Å². The van der Waals surface area contributed by atoms with Crippen LogP contribution in [0.1, 0.15) is 17.2 Å². The van der Waals surface area contributed by atoms with Crippen LogP contribution in [0.2, 0.25) is 0 Å². The molecule has 0 aliphatic carbocycles. The summed E-state index contributed by atoms with van der Waals surface area (Å²) in [7, 11) is 0. The van der Waals surface area contributed by atoms with Crippen LogP contribution in [0.5, 0.6) is 0 Å². The van der Waals surface area contributed by atoms with Crippen LogP contribution in [0.3, 0.4) is 0 Å². The third-order valence-electron chi connectivity index (χ3n) is 4.61. The number of rotatable bonds is 7. The number of likely N-dealkylation sites (tertiary alicyclic amines) is 1. The Bertz CT molecular complexity index is 834. The summed E-state index contributed by atoms with van der Waals surface area (Å²) in [5.41, 5.74) is 1.39. The minimum atomic E-state index is -0.674. The molecule has 0 aromatic heterocycles. The van der Waals surface area contributed by atoms with Crippen molar-refractivity contribution in [3.8, 4) is 0 Å². The molecule has 6 heteroatoms. The summed E-state index contributed by atoms with van der Waals surface area (Å²) < 4.78 is 0. The van der Waals surface area contributed by atoms with E-state index in [9.17, 15) is 14.7 Å². The van der Waals surface area contributed by atoms with Crippen LogP contribution < -0.4 is 5.32 Å². The molecular weight excluding hydrogens is 344 g/mol. The van der Waals surface area contributed by atoms with Crippen LogP contribution in [0.4, 0.5) is 0 Å². The van der Waals surface area contributed by atoms with Crippen LogP contribution in [0, 0.1) is 0 Å². The SMILES string of the molecule is O=C1C(=O)N(CC[NH2+]CCO)[C@H](c2ccccc2)C1=C(O)c1ccccc1. The Kier molecular flexibility index (Phi) is 6.01. The zero-order chi connectivity index (χ0) is 19.2. The number of benzene rings is 2. The van der Waals surface area contributed by atoms with Crippen molar-refractivity contribution >= 4 is 17.4 Å². The fraction of sp³-hybridized carbons (Fsp3) is 0.238. The van der Waals surface area contributed by atoms with Gasteiger partial charge in [-0.15, -0.1) is 0 Å². The minimum Gasteiger partial charge on any atom is -0.507 e. The van der Waals surface area contributed by atoms with Crippen molar-refractivity contribution in [3.05, 3.63) is 77.4 Å². The fourth-order valence-electron chi connectivity index (χ4n) is 3.31. The number of carbonyl (C=O) groups is 2. The Hall–Kier alpha value is -2.96. The molecule has 0 spiro atoms. The molecule has 2 aromatic carbocycles. The second kappa shape index (κ2) is 8.62. The van der Waals surface area contributed by atoms with Gasteiger partial charge in [0.25, 0.3) is 11.7 Å². The van der Waals surface area contributed by atoms with Crippen LogP contribution in [0.15, 0.2) is 66.2 Å². The highest BCUT2D eigenvalue weighted by molar-refractivity contribution is 6.46. The number of aliphatic hydroxyl groups is 2. The maximum Gasteiger partial charge on any atom is 0.295 e. The number of amides is 1. The zero-order valence-corrected chi connectivity index (χ0v) is 14.9. The molecule has 2 aromatic rings. The van der Waals surface area contributed by atoms with Crippen molar-refractivity contribution in [2.45, 2.75) is 6.04 Å². The number of aliphatic hydroxyl groups excluding tert-OH is 2. The molecule has 1 heterocycles. The van der Waals surface area contributed by atoms with Crippen molar-refractivity contribution in [2.24, 2.45) is 0 Å². The van der Waals surface area contributed by atoms with E-state index in [-0.39, 0.29) is 17.9 Å². The fourth-order valence-corrected chi connectivity index (χ4v) is 3.31. The number of ketones is 1. The van der Waals surface area contributed by atoms with Gasteiger partial charge in [-0.25, -0.2) is 0 Å². The van der Waals surface area contributed by atoms with E-state index in [1.54, 1.807) is 24.3 Å². The van der Waals surface area contributed by atoms with Gasteiger partial charge < -0.3 is 20.4 Å². The van der Waals surface area contributed by atoms with E-state index in [0.29, 0.717) is 25.2 Å². The summed E-state index contributed by atoms with van der Waals surface area (Å²) in [5.74, 6) is -1.45. The second-order valence-corrected chi connectivity index (χ2v) is 6.36. The monoisotopic (exact) mass is 367 g/mol. The molecule has 1 aliphatic rings. The first-order chi connectivity index (χ1) is 13.1. The molecular formula is C21H23N2O4+. The molecule has 0 bridgehead atoms. The molecule has 4 N–H and O–H groups in total. The first kappa shape index (κ1) is 18.8. The van der Waals surface area contributed by atoms with E-state index in [0.717, 1.165) is 5.56 Å². The normalized spacial score (nSPS) is 18.9. The zero-order valence-electron chi connectivity index (χ0n) is 14.9. The van der Waals surface area contributed by atoms with Gasteiger partial charge in [-0.2, -0.15) is 0 Å². The Morgan fingerprint density at radius 3 is 2.22 bits per heavy atom. The highest BCUT2D eigenvalue weighted by Gasteiger charge is 2.45. The third kappa shape index (κ3) is 3.92. The molecule has 6 nitrogen and oxygen atoms in total. The summed E-state index contributed by atoms with van der Waals surface area (Å²) in [6, 6.07) is 17.4. The van der Waals surface area contributed by atoms with Crippen molar-refractivity contribution in [1.29, 1.82) is 0 Å². The number of hydrogen-bond acceptors (Lipinski definition) is 4. The van der Waals surface area contributed by atoms with Gasteiger partial charge in [0, 0.05) is 5.56 Å². The Morgan fingerprint density at radius 2 is 1.59 bits per heavy atom. The standard InChI is InChI=1S/C21H22N2O4/c24-14-12-22-11-13-23-18(15-7-3-1-4-8-15)17(20(26)21(23)27)19(25)16-9-5-2-6-10-16/h1-10,18,22,24-25H,11-14H2/p+1/t18-/m1/s1. The van der Waals surface area contributed by atoms with Gasteiger partial charge in [0.2, 0.25) is 0 Å². The molecule has 0 radical (unpaired) electrons. The molecule has 1 saturated heterocycles. The lowest BCUT2D eigenvalue weighted by Crippen LogP contribution is -2.86. The number of nitrogens with two attached hydrogens (primary N) is 1.